The predicted molar refractivity (Wildman–Crippen MR) is 128 cm³/mol. The van der Waals surface area contributed by atoms with E-state index in [1.54, 1.807) is 12.4 Å². The number of rotatable bonds is 7. The molecule has 0 radical (unpaired) electrons. The molecule has 1 atom stereocenters. The topological polar surface area (TPSA) is 107 Å². The molecule has 1 amide bonds. The minimum absolute atomic E-state index is 0.0837. The molecule has 33 heavy (non-hydrogen) atoms. The SMILES string of the molecule is CCN=C(N)c1nn(C2CCCCO2)c2ccc(-c3cncc(C(=O)NCC4CC4)c3)cc12. The van der Waals surface area contributed by atoms with E-state index in [-0.39, 0.29) is 12.1 Å². The number of pyridine rings is 1. The van der Waals surface area contributed by atoms with Gasteiger partial charge in [0.25, 0.3) is 5.91 Å². The van der Waals surface area contributed by atoms with Crippen molar-refractivity contribution in [2.24, 2.45) is 16.6 Å². The van der Waals surface area contributed by atoms with Crippen LogP contribution in [0.15, 0.2) is 41.7 Å². The van der Waals surface area contributed by atoms with E-state index < -0.39 is 0 Å². The van der Waals surface area contributed by atoms with Crippen molar-refractivity contribution >= 4 is 22.6 Å². The van der Waals surface area contributed by atoms with Gasteiger partial charge in [0.05, 0.1) is 11.1 Å². The highest BCUT2D eigenvalue weighted by molar-refractivity contribution is 6.08. The van der Waals surface area contributed by atoms with Crippen LogP contribution >= 0.6 is 0 Å². The van der Waals surface area contributed by atoms with E-state index >= 15 is 0 Å². The maximum atomic E-state index is 12.6. The van der Waals surface area contributed by atoms with Crippen molar-refractivity contribution in [3.63, 3.8) is 0 Å². The van der Waals surface area contributed by atoms with E-state index in [2.05, 4.69) is 21.4 Å². The number of hydrogen-bond donors (Lipinski definition) is 2. The molecule has 2 aliphatic rings. The quantitative estimate of drug-likeness (QED) is 0.425. The van der Waals surface area contributed by atoms with Crippen molar-refractivity contribution in [2.45, 2.75) is 45.3 Å². The number of carbonyl (C=O) groups excluding carboxylic acids is 1. The summed E-state index contributed by atoms with van der Waals surface area (Å²) in [6, 6.07) is 8.01. The van der Waals surface area contributed by atoms with Gasteiger partial charge in [-0.05, 0) is 68.7 Å². The van der Waals surface area contributed by atoms with E-state index in [0.717, 1.165) is 54.4 Å². The first kappa shape index (κ1) is 21.6. The van der Waals surface area contributed by atoms with Crippen LogP contribution in [0.1, 0.15) is 61.3 Å². The van der Waals surface area contributed by atoms with Gasteiger partial charge in [0, 0.05) is 43.0 Å². The summed E-state index contributed by atoms with van der Waals surface area (Å²) in [6.45, 7) is 4.00. The number of nitrogens with one attached hydrogen (secondary N) is 1. The number of aromatic nitrogens is 3. The Morgan fingerprint density at radius 2 is 2.09 bits per heavy atom. The summed E-state index contributed by atoms with van der Waals surface area (Å²) in [7, 11) is 0. The van der Waals surface area contributed by atoms with Crippen molar-refractivity contribution in [1.82, 2.24) is 20.1 Å². The first-order valence-electron chi connectivity index (χ1n) is 11.8. The molecule has 2 fully saturated rings. The van der Waals surface area contributed by atoms with Crippen LogP contribution in [-0.2, 0) is 4.74 Å². The van der Waals surface area contributed by atoms with Gasteiger partial charge in [0.1, 0.15) is 11.5 Å². The molecule has 1 aliphatic carbocycles. The Labute approximate surface area is 193 Å². The second kappa shape index (κ2) is 9.31. The van der Waals surface area contributed by atoms with Gasteiger partial charge in [-0.1, -0.05) is 6.07 Å². The molecule has 172 valence electrons. The van der Waals surface area contributed by atoms with Crippen LogP contribution in [0.4, 0.5) is 0 Å². The van der Waals surface area contributed by atoms with Gasteiger partial charge in [-0.25, -0.2) is 4.68 Å². The van der Waals surface area contributed by atoms with Gasteiger partial charge in [-0.3, -0.25) is 14.8 Å². The third kappa shape index (κ3) is 4.61. The Morgan fingerprint density at radius 1 is 1.21 bits per heavy atom. The number of benzene rings is 1. The van der Waals surface area contributed by atoms with Gasteiger partial charge < -0.3 is 15.8 Å². The number of ether oxygens (including phenoxy) is 1. The highest BCUT2D eigenvalue weighted by Gasteiger charge is 2.23. The molecular formula is C25H30N6O2. The van der Waals surface area contributed by atoms with E-state index in [9.17, 15) is 4.79 Å². The molecule has 3 heterocycles. The van der Waals surface area contributed by atoms with Crippen molar-refractivity contribution in [2.75, 3.05) is 19.7 Å². The Morgan fingerprint density at radius 3 is 2.85 bits per heavy atom. The third-order valence-electron chi connectivity index (χ3n) is 6.29. The van der Waals surface area contributed by atoms with E-state index in [4.69, 9.17) is 15.6 Å². The maximum Gasteiger partial charge on any atom is 0.252 e. The van der Waals surface area contributed by atoms with Crippen molar-refractivity contribution in [3.8, 4) is 11.1 Å². The number of fused-ring (bicyclic) bond motifs is 1. The van der Waals surface area contributed by atoms with Crippen LogP contribution in [0, 0.1) is 5.92 Å². The maximum absolute atomic E-state index is 12.6. The number of hydrogen-bond acceptors (Lipinski definition) is 5. The molecule has 1 aromatic carbocycles. The Balaban J connectivity index is 1.52. The van der Waals surface area contributed by atoms with E-state index in [1.807, 2.05) is 29.8 Å². The number of carbonyl (C=O) groups is 1. The lowest BCUT2D eigenvalue weighted by atomic mass is 10.0. The molecule has 0 bridgehead atoms. The van der Waals surface area contributed by atoms with Crippen LogP contribution in [0.25, 0.3) is 22.0 Å². The average Bonchev–Trinajstić information content (AvgIpc) is 3.61. The monoisotopic (exact) mass is 446 g/mol. The van der Waals surface area contributed by atoms with Crippen molar-refractivity contribution in [1.29, 1.82) is 0 Å². The van der Waals surface area contributed by atoms with E-state index in [1.165, 1.54) is 12.8 Å². The number of aliphatic imine (C=N–C) groups is 1. The smallest absolute Gasteiger partial charge is 0.252 e. The van der Waals surface area contributed by atoms with Crippen molar-refractivity contribution in [3.05, 3.63) is 47.9 Å². The summed E-state index contributed by atoms with van der Waals surface area (Å²) in [5, 5.41) is 8.74. The summed E-state index contributed by atoms with van der Waals surface area (Å²) in [5.41, 5.74) is 10.3. The highest BCUT2D eigenvalue weighted by Crippen LogP contribution is 2.31. The molecule has 1 unspecified atom stereocenters. The fourth-order valence-electron chi connectivity index (χ4n) is 4.27. The minimum Gasteiger partial charge on any atom is -0.382 e. The Bertz CT molecular complexity index is 1190. The van der Waals surface area contributed by atoms with Gasteiger partial charge >= 0.3 is 0 Å². The molecule has 1 saturated carbocycles. The first-order chi connectivity index (χ1) is 16.1. The zero-order chi connectivity index (χ0) is 22.8. The number of amidine groups is 1. The Hall–Kier alpha value is -3.26. The number of nitrogens with two attached hydrogens (primary N) is 1. The summed E-state index contributed by atoms with van der Waals surface area (Å²) in [4.78, 5) is 21.3. The molecule has 0 spiro atoms. The normalized spacial score (nSPS) is 19.1. The Kier molecular flexibility index (Phi) is 6.09. The minimum atomic E-state index is -0.101. The summed E-state index contributed by atoms with van der Waals surface area (Å²) < 4.78 is 7.93. The molecule has 8 heteroatoms. The highest BCUT2D eigenvalue weighted by atomic mass is 16.5. The van der Waals surface area contributed by atoms with Gasteiger partial charge in [-0.2, -0.15) is 5.10 Å². The predicted octanol–water partition coefficient (Wildman–Crippen LogP) is 3.66. The first-order valence-corrected chi connectivity index (χ1v) is 11.8. The van der Waals surface area contributed by atoms with Gasteiger partial charge in [-0.15, -0.1) is 0 Å². The lowest BCUT2D eigenvalue weighted by molar-refractivity contribution is -0.0367. The largest absolute Gasteiger partial charge is 0.382 e. The average molecular weight is 447 g/mol. The molecule has 5 rings (SSSR count). The van der Waals surface area contributed by atoms with Crippen molar-refractivity contribution < 1.29 is 9.53 Å². The summed E-state index contributed by atoms with van der Waals surface area (Å²) in [5.74, 6) is 0.964. The fraction of sp³-hybridized carbons (Fsp3) is 0.440. The zero-order valence-corrected chi connectivity index (χ0v) is 19.0. The lowest BCUT2D eigenvalue weighted by Crippen LogP contribution is -2.25. The van der Waals surface area contributed by atoms with Crippen LogP contribution in [0.5, 0.6) is 0 Å². The van der Waals surface area contributed by atoms with Crippen LogP contribution in [0.3, 0.4) is 0 Å². The van der Waals surface area contributed by atoms with Crippen LogP contribution in [0.2, 0.25) is 0 Å². The summed E-state index contributed by atoms with van der Waals surface area (Å²) in [6.07, 6.45) is 8.79. The lowest BCUT2D eigenvalue weighted by Gasteiger charge is -2.23. The van der Waals surface area contributed by atoms with Gasteiger partial charge in [0.15, 0.2) is 6.23 Å². The second-order valence-electron chi connectivity index (χ2n) is 8.82. The third-order valence-corrected chi connectivity index (χ3v) is 6.29. The van der Waals surface area contributed by atoms with Gasteiger partial charge in [0.2, 0.25) is 0 Å². The fourth-order valence-corrected chi connectivity index (χ4v) is 4.27. The van der Waals surface area contributed by atoms with E-state index in [0.29, 0.717) is 29.6 Å². The molecule has 3 aromatic rings. The number of nitrogens with zero attached hydrogens (tertiary/aromatic N) is 4. The summed E-state index contributed by atoms with van der Waals surface area (Å²) >= 11 is 0. The molecular weight excluding hydrogens is 416 g/mol. The van der Waals surface area contributed by atoms with Crippen LogP contribution in [-0.4, -0.2) is 46.2 Å². The molecule has 1 saturated heterocycles. The number of amides is 1. The molecule has 8 nitrogen and oxygen atoms in total. The molecule has 3 N–H and O–H groups in total. The molecule has 1 aliphatic heterocycles. The van der Waals surface area contributed by atoms with Crippen LogP contribution < -0.4 is 11.1 Å². The zero-order valence-electron chi connectivity index (χ0n) is 19.0. The second-order valence-corrected chi connectivity index (χ2v) is 8.82. The standard InChI is InChI=1S/C25H30N6O2/c1-2-28-24(26)23-20-12-17(8-9-21(20)31(30-23)22-5-3-4-10-33-22)18-11-19(15-27-14-18)25(32)29-13-16-6-7-16/h8-9,11-12,14-16,22H,2-7,10,13H2,1H3,(H2,26,28)(H,29,32). The molecule has 2 aromatic heterocycles.